The molecule has 0 unspecified atom stereocenters. The molecule has 7 heteroatoms. The maximum atomic E-state index is 13.1. The Hall–Kier alpha value is -3.12. The van der Waals surface area contributed by atoms with E-state index in [0.29, 0.717) is 23.8 Å². The molecule has 138 valence electrons. The summed E-state index contributed by atoms with van der Waals surface area (Å²) in [5.41, 5.74) is 1.56. The lowest BCUT2D eigenvalue weighted by molar-refractivity contribution is 0.102. The van der Waals surface area contributed by atoms with E-state index in [0.717, 1.165) is 11.6 Å². The third kappa shape index (κ3) is 4.74. The summed E-state index contributed by atoms with van der Waals surface area (Å²) in [5, 5.41) is 2.75. The van der Waals surface area contributed by atoms with Gasteiger partial charge in [0.15, 0.2) is 11.5 Å². The van der Waals surface area contributed by atoms with Crippen molar-refractivity contribution in [1.29, 1.82) is 0 Å². The Bertz CT molecular complexity index is 951. The molecule has 27 heavy (non-hydrogen) atoms. The van der Waals surface area contributed by atoms with Gasteiger partial charge in [-0.15, -0.1) is 0 Å². The molecule has 3 aromatic rings. The Labute approximate surface area is 160 Å². The molecule has 0 aliphatic rings. The summed E-state index contributed by atoms with van der Waals surface area (Å²) in [6.45, 7) is 0.297. The molecule has 5 nitrogen and oxygen atoms in total. The lowest BCUT2D eigenvalue weighted by Gasteiger charge is -2.13. The van der Waals surface area contributed by atoms with Gasteiger partial charge in [-0.2, -0.15) is 0 Å². The van der Waals surface area contributed by atoms with E-state index in [1.165, 1.54) is 19.2 Å². The van der Waals surface area contributed by atoms with Crippen LogP contribution >= 0.6 is 11.6 Å². The number of nitrogens with zero attached hydrogens (tertiary/aromatic N) is 1. The summed E-state index contributed by atoms with van der Waals surface area (Å²) in [7, 11) is 1.53. The van der Waals surface area contributed by atoms with Gasteiger partial charge in [-0.05, 0) is 36.4 Å². The van der Waals surface area contributed by atoms with Gasteiger partial charge in [0.2, 0.25) is 0 Å². The lowest BCUT2D eigenvalue weighted by Crippen LogP contribution is -2.12. The Balaban J connectivity index is 1.77. The third-order valence-electron chi connectivity index (χ3n) is 3.71. The lowest BCUT2D eigenvalue weighted by atomic mass is 10.2. The molecule has 0 spiro atoms. The second kappa shape index (κ2) is 8.51. The summed E-state index contributed by atoms with van der Waals surface area (Å²) in [6, 6.07) is 12.3. The molecule has 1 amide bonds. The molecule has 0 bridgehead atoms. The van der Waals surface area contributed by atoms with E-state index in [4.69, 9.17) is 21.1 Å². The van der Waals surface area contributed by atoms with Crippen LogP contribution in [0.2, 0.25) is 5.02 Å². The van der Waals surface area contributed by atoms with E-state index in [9.17, 15) is 9.18 Å². The molecule has 0 fully saturated rings. The minimum absolute atomic E-state index is 0.0362. The number of halogens is 2. The van der Waals surface area contributed by atoms with Crippen LogP contribution in [0.4, 0.5) is 10.1 Å². The van der Waals surface area contributed by atoms with Crippen LogP contribution in [0, 0.1) is 5.82 Å². The van der Waals surface area contributed by atoms with Gasteiger partial charge in [-0.1, -0.05) is 17.7 Å². The zero-order valence-corrected chi connectivity index (χ0v) is 15.2. The number of methoxy groups -OCH3 is 1. The zero-order chi connectivity index (χ0) is 19.2. The van der Waals surface area contributed by atoms with Gasteiger partial charge in [0.05, 0.1) is 17.7 Å². The number of hydrogen-bond acceptors (Lipinski definition) is 4. The van der Waals surface area contributed by atoms with Gasteiger partial charge in [-0.3, -0.25) is 9.78 Å². The molecule has 0 aliphatic carbocycles. The zero-order valence-electron chi connectivity index (χ0n) is 14.4. The largest absolute Gasteiger partial charge is 0.493 e. The second-order valence-corrected chi connectivity index (χ2v) is 6.00. The molecule has 0 saturated heterocycles. The molecule has 3 rings (SSSR count). The molecule has 0 saturated carbocycles. The number of nitrogens with one attached hydrogen (secondary N) is 1. The summed E-state index contributed by atoms with van der Waals surface area (Å²) in [4.78, 5) is 16.4. The van der Waals surface area contributed by atoms with Crippen molar-refractivity contribution in [2.24, 2.45) is 0 Å². The predicted molar refractivity (Wildman–Crippen MR) is 101 cm³/mol. The summed E-state index contributed by atoms with van der Waals surface area (Å²) < 4.78 is 24.2. The molecular weight excluding hydrogens is 371 g/mol. The topological polar surface area (TPSA) is 60.5 Å². The first kappa shape index (κ1) is 18.7. The number of amides is 1. The fourth-order valence-electron chi connectivity index (χ4n) is 2.38. The van der Waals surface area contributed by atoms with Crippen LogP contribution in [0.5, 0.6) is 11.5 Å². The molecule has 1 N–H and O–H groups in total. The Morgan fingerprint density at radius 3 is 2.74 bits per heavy atom. The van der Waals surface area contributed by atoms with Crippen LogP contribution in [-0.4, -0.2) is 18.0 Å². The van der Waals surface area contributed by atoms with Gasteiger partial charge in [0.25, 0.3) is 5.91 Å². The van der Waals surface area contributed by atoms with E-state index < -0.39 is 11.7 Å². The number of ether oxygens (including phenoxy) is 2. The highest BCUT2D eigenvalue weighted by molar-refractivity contribution is 6.34. The van der Waals surface area contributed by atoms with Gasteiger partial charge >= 0.3 is 0 Å². The number of anilines is 1. The van der Waals surface area contributed by atoms with Crippen LogP contribution in [0.25, 0.3) is 0 Å². The summed E-state index contributed by atoms with van der Waals surface area (Å²) >= 11 is 5.94. The van der Waals surface area contributed by atoms with Crippen LogP contribution in [0.15, 0.2) is 60.9 Å². The third-order valence-corrected chi connectivity index (χ3v) is 4.03. The number of hydrogen-bond donors (Lipinski definition) is 1. The highest BCUT2D eigenvalue weighted by atomic mass is 35.5. The average Bonchev–Trinajstić information content (AvgIpc) is 2.67. The van der Waals surface area contributed by atoms with Gasteiger partial charge in [0.1, 0.15) is 12.4 Å². The Morgan fingerprint density at radius 2 is 2.04 bits per heavy atom. The van der Waals surface area contributed by atoms with Crippen molar-refractivity contribution in [3.63, 3.8) is 0 Å². The number of carbonyl (C=O) groups is 1. The maximum Gasteiger partial charge on any atom is 0.257 e. The summed E-state index contributed by atoms with van der Waals surface area (Å²) in [6.07, 6.45) is 3.38. The van der Waals surface area contributed by atoms with Crippen LogP contribution in [-0.2, 0) is 6.61 Å². The van der Waals surface area contributed by atoms with Crippen molar-refractivity contribution in [3.05, 3.63) is 82.9 Å². The Kier molecular flexibility index (Phi) is 5.88. The minimum Gasteiger partial charge on any atom is -0.493 e. The van der Waals surface area contributed by atoms with E-state index >= 15 is 0 Å². The summed E-state index contributed by atoms with van der Waals surface area (Å²) in [5.74, 6) is 0.0246. The number of pyridine rings is 1. The number of rotatable bonds is 6. The van der Waals surface area contributed by atoms with Crippen LogP contribution in [0.1, 0.15) is 15.9 Å². The number of aromatic nitrogens is 1. The molecular formula is C20H16ClFN2O3. The van der Waals surface area contributed by atoms with Gasteiger partial charge in [0, 0.05) is 29.7 Å². The van der Waals surface area contributed by atoms with E-state index in [2.05, 4.69) is 10.3 Å². The molecule has 0 radical (unpaired) electrons. The van der Waals surface area contributed by atoms with Crippen molar-refractivity contribution < 1.29 is 18.7 Å². The van der Waals surface area contributed by atoms with E-state index in [1.807, 2.05) is 12.1 Å². The average molecular weight is 387 g/mol. The highest BCUT2D eigenvalue weighted by Gasteiger charge is 2.13. The SMILES string of the molecule is COc1ccc(NC(=O)c2ccc(F)cc2Cl)cc1OCc1cccnc1. The highest BCUT2D eigenvalue weighted by Crippen LogP contribution is 2.31. The first-order chi connectivity index (χ1) is 13.1. The first-order valence-electron chi connectivity index (χ1n) is 8.03. The van der Waals surface area contributed by atoms with Crippen molar-refractivity contribution in [2.75, 3.05) is 12.4 Å². The van der Waals surface area contributed by atoms with Crippen molar-refractivity contribution in [3.8, 4) is 11.5 Å². The van der Waals surface area contributed by atoms with Crippen molar-refractivity contribution in [1.82, 2.24) is 4.98 Å². The minimum atomic E-state index is -0.507. The second-order valence-electron chi connectivity index (χ2n) is 5.59. The first-order valence-corrected chi connectivity index (χ1v) is 8.41. The fourth-order valence-corrected chi connectivity index (χ4v) is 2.64. The smallest absolute Gasteiger partial charge is 0.257 e. The van der Waals surface area contributed by atoms with Gasteiger partial charge < -0.3 is 14.8 Å². The number of carbonyl (C=O) groups excluding carboxylic acids is 1. The van der Waals surface area contributed by atoms with Crippen LogP contribution in [0.3, 0.4) is 0 Å². The molecule has 2 aromatic carbocycles. The van der Waals surface area contributed by atoms with E-state index in [1.54, 1.807) is 30.6 Å². The number of benzene rings is 2. The van der Waals surface area contributed by atoms with Crippen molar-refractivity contribution in [2.45, 2.75) is 6.61 Å². The fraction of sp³-hybridized carbons (Fsp3) is 0.100. The maximum absolute atomic E-state index is 13.1. The predicted octanol–water partition coefficient (Wildman–Crippen LogP) is 4.71. The standard InChI is InChI=1S/C20H16ClFN2O3/c1-26-18-7-5-15(10-19(18)27-12-13-3-2-8-23-11-13)24-20(25)16-6-4-14(22)9-17(16)21/h2-11H,12H2,1H3,(H,24,25). The molecule has 0 aliphatic heterocycles. The van der Waals surface area contributed by atoms with Gasteiger partial charge in [-0.25, -0.2) is 4.39 Å². The normalized spacial score (nSPS) is 10.3. The molecule has 1 aromatic heterocycles. The Morgan fingerprint density at radius 1 is 1.19 bits per heavy atom. The molecule has 1 heterocycles. The van der Waals surface area contributed by atoms with Crippen LogP contribution < -0.4 is 14.8 Å². The van der Waals surface area contributed by atoms with Crippen molar-refractivity contribution >= 4 is 23.2 Å². The monoisotopic (exact) mass is 386 g/mol. The van der Waals surface area contributed by atoms with E-state index in [-0.39, 0.29) is 10.6 Å². The molecule has 0 atom stereocenters. The quantitative estimate of drug-likeness (QED) is 0.666.